The average Bonchev–Trinajstić information content (AvgIpc) is 3.62. The van der Waals surface area contributed by atoms with Gasteiger partial charge in [-0.25, -0.2) is 20.4 Å². The summed E-state index contributed by atoms with van der Waals surface area (Å²) < 4.78 is 2.18. The lowest BCUT2D eigenvalue weighted by Crippen LogP contribution is -2.38. The second-order valence-electron chi connectivity index (χ2n) is 10.8. The number of aromatic nitrogens is 4. The quantitative estimate of drug-likeness (QED) is 0.392. The molecule has 1 saturated heterocycles. The van der Waals surface area contributed by atoms with Crippen LogP contribution < -0.4 is 10.4 Å². The van der Waals surface area contributed by atoms with E-state index < -0.39 is 0 Å². The average molecular weight is 535 g/mol. The molecule has 40 heavy (non-hydrogen) atoms. The fraction of sp³-hybridized carbons (Fsp3) is 0.375. The highest BCUT2D eigenvalue weighted by Crippen LogP contribution is 2.36. The van der Waals surface area contributed by atoms with Crippen molar-refractivity contribution in [1.29, 1.82) is 0 Å². The van der Waals surface area contributed by atoms with Gasteiger partial charge in [-0.05, 0) is 76.9 Å². The van der Waals surface area contributed by atoms with Crippen molar-refractivity contribution in [3.05, 3.63) is 89.3 Å². The number of piperidine rings is 1. The molecule has 6 rings (SSSR count). The Hall–Kier alpha value is -3.88. The van der Waals surface area contributed by atoms with Crippen LogP contribution in [0.15, 0.2) is 71.8 Å². The number of hydrogen-bond donors (Lipinski definition) is 1. The van der Waals surface area contributed by atoms with Gasteiger partial charge < -0.3 is 4.57 Å². The molecule has 1 fully saturated rings. The van der Waals surface area contributed by atoms with Gasteiger partial charge in [0.05, 0.1) is 5.69 Å². The zero-order valence-corrected chi connectivity index (χ0v) is 23.9. The Kier molecular flexibility index (Phi) is 7.45. The highest BCUT2D eigenvalue weighted by atomic mass is 15.6. The highest BCUT2D eigenvalue weighted by molar-refractivity contribution is 5.95. The summed E-state index contributed by atoms with van der Waals surface area (Å²) in [6.45, 7) is 12.4. The normalized spacial score (nSPS) is 19.8. The van der Waals surface area contributed by atoms with Crippen molar-refractivity contribution in [2.45, 2.75) is 65.6 Å². The predicted octanol–water partition coefficient (Wildman–Crippen LogP) is 5.71. The number of rotatable bonds is 7. The first-order valence-corrected chi connectivity index (χ1v) is 14.4. The number of likely N-dealkylation sites (tertiary alicyclic amines) is 1. The molecule has 2 aromatic heterocycles. The van der Waals surface area contributed by atoms with Crippen molar-refractivity contribution < 1.29 is 0 Å². The number of hydrogen-bond acceptors (Lipinski definition) is 7. The number of nitrogens with zero attached hydrogens (tertiary/aromatic N) is 7. The Morgan fingerprint density at radius 1 is 1.12 bits per heavy atom. The van der Waals surface area contributed by atoms with Crippen LogP contribution in [0.2, 0.25) is 0 Å². The minimum atomic E-state index is 0.214. The van der Waals surface area contributed by atoms with Crippen LogP contribution in [0.3, 0.4) is 0 Å². The fourth-order valence-corrected chi connectivity index (χ4v) is 5.96. The van der Waals surface area contributed by atoms with Crippen LogP contribution in [0.1, 0.15) is 69.0 Å². The number of aliphatic imine (C=N–C) groups is 1. The molecule has 1 N–H and O–H groups in total. The topological polar surface area (TPSA) is 74.5 Å². The van der Waals surface area contributed by atoms with Gasteiger partial charge in [0, 0.05) is 48.0 Å². The predicted molar refractivity (Wildman–Crippen MR) is 162 cm³/mol. The molecule has 0 spiro atoms. The minimum absolute atomic E-state index is 0.214. The van der Waals surface area contributed by atoms with E-state index in [1.807, 2.05) is 17.6 Å². The first-order chi connectivity index (χ1) is 19.6. The van der Waals surface area contributed by atoms with Gasteiger partial charge in [-0.3, -0.25) is 4.90 Å². The van der Waals surface area contributed by atoms with E-state index in [0.717, 1.165) is 84.4 Å². The van der Waals surface area contributed by atoms with Gasteiger partial charge in [-0.15, -0.1) is 10.2 Å². The Morgan fingerprint density at radius 3 is 2.65 bits per heavy atom. The molecule has 1 unspecified atom stereocenters. The molecule has 1 aromatic carbocycles. The molecule has 0 amide bonds. The van der Waals surface area contributed by atoms with Crippen LogP contribution in [0.4, 0.5) is 5.82 Å². The van der Waals surface area contributed by atoms with Crippen molar-refractivity contribution >= 4 is 17.6 Å². The maximum Gasteiger partial charge on any atom is 0.158 e. The van der Waals surface area contributed by atoms with Gasteiger partial charge in [0.1, 0.15) is 18.0 Å². The van der Waals surface area contributed by atoms with Crippen LogP contribution in [0.5, 0.6) is 0 Å². The van der Waals surface area contributed by atoms with E-state index in [-0.39, 0.29) is 6.04 Å². The molecule has 3 aromatic rings. The number of fused-ring (bicyclic) bond motifs is 3. The number of benzene rings is 1. The Balaban J connectivity index is 1.23. The third-order valence-corrected chi connectivity index (χ3v) is 8.08. The molecule has 206 valence electrons. The largest absolute Gasteiger partial charge is 0.318 e. The van der Waals surface area contributed by atoms with Crippen LogP contribution in [0.25, 0.3) is 16.8 Å². The third kappa shape index (κ3) is 5.05. The molecule has 0 saturated carbocycles. The zero-order chi connectivity index (χ0) is 27.6. The zero-order valence-electron chi connectivity index (χ0n) is 23.9. The van der Waals surface area contributed by atoms with E-state index in [0.29, 0.717) is 5.92 Å². The number of hydrazine groups is 1. The van der Waals surface area contributed by atoms with Gasteiger partial charge in [0.2, 0.25) is 0 Å². The second-order valence-corrected chi connectivity index (χ2v) is 10.8. The molecule has 5 heterocycles. The molecule has 3 aliphatic heterocycles. The lowest BCUT2D eigenvalue weighted by molar-refractivity contribution is 0.200. The Morgan fingerprint density at radius 2 is 1.93 bits per heavy atom. The van der Waals surface area contributed by atoms with Crippen LogP contribution >= 0.6 is 0 Å². The molecule has 0 radical (unpaired) electrons. The van der Waals surface area contributed by atoms with Crippen molar-refractivity contribution in [2.24, 2.45) is 4.99 Å². The van der Waals surface area contributed by atoms with Gasteiger partial charge >= 0.3 is 0 Å². The standard InChI is InChI=1S/C32H38N8/c1-5-8-24(6-2)28-18-27-19-33-29-17-22(4)37-40(29)31(27)35-30(28)25-11-9-23(10-12-25)20-38-15-13-26(14-16-38)32-36-34-21-39(32)7-3/h5-6,8-12,17-19,21-22,26,37H,7,13-16,20H2,1-4H3. The first kappa shape index (κ1) is 26.3. The SMILES string of the molecule is CC=CC(=CC)c1cc2c(nc1-c1ccc(CN3CCC(c4nncn4CC)CC3)cc1)N1NC(C)C=C1N=C2. The van der Waals surface area contributed by atoms with E-state index >= 15 is 0 Å². The van der Waals surface area contributed by atoms with Gasteiger partial charge in [-0.1, -0.05) is 42.5 Å². The van der Waals surface area contributed by atoms with Crippen LogP contribution in [-0.2, 0) is 13.1 Å². The highest BCUT2D eigenvalue weighted by Gasteiger charge is 2.29. The van der Waals surface area contributed by atoms with E-state index in [1.54, 1.807) is 0 Å². The van der Waals surface area contributed by atoms with Crippen molar-refractivity contribution in [2.75, 3.05) is 18.1 Å². The maximum atomic E-state index is 5.24. The number of pyridine rings is 1. The summed E-state index contributed by atoms with van der Waals surface area (Å²) in [5, 5.41) is 10.6. The van der Waals surface area contributed by atoms with Gasteiger partial charge in [-0.2, -0.15) is 0 Å². The Labute approximate surface area is 236 Å². The Bertz CT molecular complexity index is 1490. The molecule has 8 heteroatoms. The van der Waals surface area contributed by atoms with Crippen LogP contribution in [-0.4, -0.2) is 50.0 Å². The lowest BCUT2D eigenvalue weighted by atomic mass is 9.94. The maximum absolute atomic E-state index is 5.24. The lowest BCUT2D eigenvalue weighted by Gasteiger charge is -2.31. The summed E-state index contributed by atoms with van der Waals surface area (Å²) in [5.74, 6) is 3.44. The van der Waals surface area contributed by atoms with Crippen molar-refractivity contribution in [3.8, 4) is 11.3 Å². The summed E-state index contributed by atoms with van der Waals surface area (Å²) in [6, 6.07) is 11.4. The first-order valence-electron chi connectivity index (χ1n) is 14.4. The smallest absolute Gasteiger partial charge is 0.158 e. The van der Waals surface area contributed by atoms with Crippen molar-refractivity contribution in [1.82, 2.24) is 30.1 Å². The number of allylic oxidation sites excluding steroid dienone is 4. The molecular formula is C32H38N8. The molecule has 0 aliphatic carbocycles. The summed E-state index contributed by atoms with van der Waals surface area (Å²) in [7, 11) is 0. The monoisotopic (exact) mass is 534 g/mol. The van der Waals surface area contributed by atoms with Gasteiger partial charge in [0.15, 0.2) is 5.82 Å². The number of nitrogens with one attached hydrogen (secondary N) is 1. The molecule has 8 nitrogen and oxygen atoms in total. The third-order valence-electron chi connectivity index (χ3n) is 8.08. The summed E-state index contributed by atoms with van der Waals surface area (Å²) in [6.07, 6.45) is 14.5. The van der Waals surface area contributed by atoms with Crippen LogP contribution in [0, 0.1) is 0 Å². The fourth-order valence-electron chi connectivity index (χ4n) is 5.96. The second kappa shape index (κ2) is 11.3. The summed E-state index contributed by atoms with van der Waals surface area (Å²) in [5.41, 5.74) is 10.2. The van der Waals surface area contributed by atoms with E-state index in [2.05, 4.69) is 112 Å². The van der Waals surface area contributed by atoms with Crippen molar-refractivity contribution in [3.63, 3.8) is 0 Å². The van der Waals surface area contributed by atoms with E-state index in [4.69, 9.17) is 4.98 Å². The number of aryl methyl sites for hydroxylation is 1. The van der Waals surface area contributed by atoms with E-state index in [1.165, 1.54) is 5.56 Å². The molecule has 1 atom stereocenters. The summed E-state index contributed by atoms with van der Waals surface area (Å²) in [4.78, 5) is 12.5. The minimum Gasteiger partial charge on any atom is -0.318 e. The molecular weight excluding hydrogens is 496 g/mol. The molecule has 3 aliphatic rings. The summed E-state index contributed by atoms with van der Waals surface area (Å²) >= 11 is 0. The van der Waals surface area contributed by atoms with E-state index in [9.17, 15) is 0 Å². The van der Waals surface area contributed by atoms with Gasteiger partial charge in [0.25, 0.3) is 0 Å². The number of anilines is 1. The molecule has 0 bridgehead atoms.